The SMILES string of the molecule is COc1cc(F)c2nccc([C@@H](O)[C@H](O)C3CCC(NCc4ccc5c(n4)NC(=O)CS5)CC3)c2c1. The van der Waals surface area contributed by atoms with Gasteiger partial charge in [0.15, 0.2) is 5.82 Å². The van der Waals surface area contributed by atoms with Crippen LogP contribution in [0.1, 0.15) is 43.0 Å². The summed E-state index contributed by atoms with van der Waals surface area (Å²) in [4.78, 5) is 21.3. The second kappa shape index (κ2) is 10.7. The summed E-state index contributed by atoms with van der Waals surface area (Å²) >= 11 is 1.49. The van der Waals surface area contributed by atoms with Crippen molar-refractivity contribution in [2.75, 3.05) is 18.2 Å². The fourth-order valence-corrected chi connectivity index (χ4v) is 5.80. The lowest BCUT2D eigenvalue weighted by Gasteiger charge is -2.34. The first-order valence-electron chi connectivity index (χ1n) is 12.1. The molecule has 2 atom stereocenters. The Bertz CT molecular complexity index is 1270. The minimum atomic E-state index is -1.16. The van der Waals surface area contributed by atoms with Gasteiger partial charge in [0.05, 0.1) is 29.6 Å². The molecule has 5 rings (SSSR count). The third-order valence-electron chi connectivity index (χ3n) is 7.04. The number of ether oxygens (including phenoxy) is 1. The highest BCUT2D eigenvalue weighted by molar-refractivity contribution is 8.00. The van der Waals surface area contributed by atoms with Crippen molar-refractivity contribution < 1.29 is 24.1 Å². The maximum Gasteiger partial charge on any atom is 0.235 e. The number of fused-ring (bicyclic) bond motifs is 2. The highest BCUT2D eigenvalue weighted by atomic mass is 32.2. The summed E-state index contributed by atoms with van der Waals surface area (Å²) < 4.78 is 19.6. The number of aromatic nitrogens is 2. The van der Waals surface area contributed by atoms with Gasteiger partial charge < -0.3 is 25.6 Å². The summed E-state index contributed by atoms with van der Waals surface area (Å²) in [6.07, 6.45) is 2.51. The fourth-order valence-electron chi connectivity index (χ4n) is 5.04. The Kier molecular flexibility index (Phi) is 7.38. The van der Waals surface area contributed by atoms with Crippen molar-refractivity contribution in [1.82, 2.24) is 15.3 Å². The number of anilines is 1. The molecule has 0 bridgehead atoms. The van der Waals surface area contributed by atoms with E-state index in [1.165, 1.54) is 31.1 Å². The first-order chi connectivity index (χ1) is 17.4. The van der Waals surface area contributed by atoms with Crippen LogP contribution >= 0.6 is 11.8 Å². The molecule has 1 aliphatic heterocycles. The minimum Gasteiger partial charge on any atom is -0.497 e. The highest BCUT2D eigenvalue weighted by Crippen LogP contribution is 2.36. The number of carbonyl (C=O) groups excluding carboxylic acids is 1. The van der Waals surface area contributed by atoms with Gasteiger partial charge in [-0.3, -0.25) is 9.78 Å². The lowest BCUT2D eigenvalue weighted by molar-refractivity contribution is -0.113. The summed E-state index contributed by atoms with van der Waals surface area (Å²) in [5, 5.41) is 28.8. The molecule has 1 aliphatic carbocycles. The van der Waals surface area contributed by atoms with Crippen molar-refractivity contribution in [2.45, 2.75) is 55.4 Å². The van der Waals surface area contributed by atoms with Crippen LogP contribution in [0, 0.1) is 11.7 Å². The van der Waals surface area contributed by atoms with E-state index in [1.54, 1.807) is 12.1 Å². The smallest absolute Gasteiger partial charge is 0.235 e. The quantitative estimate of drug-likeness (QED) is 0.380. The molecular formula is C26H29FN4O4S. The van der Waals surface area contributed by atoms with E-state index >= 15 is 0 Å². The molecule has 10 heteroatoms. The number of pyridine rings is 2. The molecule has 0 radical (unpaired) electrons. The maximum absolute atomic E-state index is 14.5. The van der Waals surface area contributed by atoms with E-state index in [4.69, 9.17) is 4.74 Å². The Hall–Kier alpha value is -2.79. The van der Waals surface area contributed by atoms with Crippen molar-refractivity contribution in [3.05, 3.63) is 53.6 Å². The molecular weight excluding hydrogens is 483 g/mol. The summed E-state index contributed by atoms with van der Waals surface area (Å²) in [6, 6.07) is 8.74. The summed E-state index contributed by atoms with van der Waals surface area (Å²) in [6.45, 7) is 0.588. The third kappa shape index (κ3) is 5.17. The molecule has 1 fully saturated rings. The largest absolute Gasteiger partial charge is 0.497 e. The molecule has 0 saturated heterocycles. The Labute approximate surface area is 212 Å². The lowest BCUT2D eigenvalue weighted by Crippen LogP contribution is -2.37. The number of aliphatic hydroxyl groups excluding tert-OH is 2. The fraction of sp³-hybridized carbons (Fsp3) is 0.423. The van der Waals surface area contributed by atoms with Crippen LogP contribution in [0.2, 0.25) is 0 Å². The van der Waals surface area contributed by atoms with Crippen LogP contribution in [0.5, 0.6) is 5.75 Å². The van der Waals surface area contributed by atoms with Crippen LogP contribution in [-0.2, 0) is 11.3 Å². The van der Waals surface area contributed by atoms with Crippen LogP contribution in [0.3, 0.4) is 0 Å². The maximum atomic E-state index is 14.5. The summed E-state index contributed by atoms with van der Waals surface area (Å²) in [5.74, 6) is 0.723. The number of rotatable bonds is 7. The number of thioether (sulfide) groups is 1. The van der Waals surface area contributed by atoms with E-state index in [0.717, 1.165) is 36.3 Å². The third-order valence-corrected chi connectivity index (χ3v) is 8.09. The van der Waals surface area contributed by atoms with E-state index in [2.05, 4.69) is 20.6 Å². The van der Waals surface area contributed by atoms with Crippen molar-refractivity contribution in [3.8, 4) is 5.75 Å². The Morgan fingerprint density at radius 2 is 2.03 bits per heavy atom. The number of hydrogen-bond acceptors (Lipinski definition) is 8. The normalized spacial score (nSPS) is 21.5. The van der Waals surface area contributed by atoms with E-state index in [0.29, 0.717) is 34.8 Å². The first-order valence-corrected chi connectivity index (χ1v) is 13.1. The molecule has 36 heavy (non-hydrogen) atoms. The predicted octanol–water partition coefficient (Wildman–Crippen LogP) is 3.56. The molecule has 3 heterocycles. The number of halogens is 1. The second-order valence-corrected chi connectivity index (χ2v) is 10.3. The zero-order chi connectivity index (χ0) is 25.2. The molecule has 1 amide bonds. The molecule has 0 spiro atoms. The van der Waals surface area contributed by atoms with E-state index < -0.39 is 18.0 Å². The van der Waals surface area contributed by atoms with Crippen molar-refractivity contribution in [2.24, 2.45) is 5.92 Å². The van der Waals surface area contributed by atoms with Gasteiger partial charge in [0.2, 0.25) is 5.91 Å². The Balaban J connectivity index is 1.19. The average molecular weight is 513 g/mol. The standard InChI is InChI=1S/C26H29FN4O4S/c1-35-17-10-19-18(8-9-28-23(19)20(27)11-17)25(34)24(33)14-2-4-15(5-3-14)29-12-16-6-7-21-26(30-16)31-22(32)13-36-21/h6-11,14-15,24-25,29,33-34H,2-5,12-13H2,1H3,(H,30,31,32)/t14?,15?,24-,25-/m1/s1. The van der Waals surface area contributed by atoms with Gasteiger partial charge in [0.25, 0.3) is 0 Å². The number of amides is 1. The zero-order valence-electron chi connectivity index (χ0n) is 19.9. The number of hydrogen-bond donors (Lipinski definition) is 4. The second-order valence-electron chi connectivity index (χ2n) is 9.32. The number of aliphatic hydroxyl groups is 2. The van der Waals surface area contributed by atoms with Gasteiger partial charge in [-0.25, -0.2) is 9.37 Å². The molecule has 4 N–H and O–H groups in total. The Morgan fingerprint density at radius 1 is 1.22 bits per heavy atom. The monoisotopic (exact) mass is 512 g/mol. The molecule has 2 aromatic heterocycles. The van der Waals surface area contributed by atoms with Crippen molar-refractivity contribution in [1.29, 1.82) is 0 Å². The number of nitrogens with one attached hydrogen (secondary N) is 2. The zero-order valence-corrected chi connectivity index (χ0v) is 20.7. The van der Waals surface area contributed by atoms with Crippen molar-refractivity contribution >= 4 is 34.4 Å². The molecule has 8 nitrogen and oxygen atoms in total. The van der Waals surface area contributed by atoms with Gasteiger partial charge in [0.1, 0.15) is 23.2 Å². The van der Waals surface area contributed by atoms with Crippen LogP contribution in [-0.4, -0.2) is 51.1 Å². The Morgan fingerprint density at radius 3 is 2.81 bits per heavy atom. The van der Waals surface area contributed by atoms with Crippen LogP contribution in [0.4, 0.5) is 10.2 Å². The highest BCUT2D eigenvalue weighted by Gasteiger charge is 2.32. The van der Waals surface area contributed by atoms with Gasteiger partial charge >= 0.3 is 0 Å². The van der Waals surface area contributed by atoms with E-state index in [1.807, 2.05) is 12.1 Å². The summed E-state index contributed by atoms with van der Waals surface area (Å²) in [5.41, 5.74) is 1.44. The van der Waals surface area contributed by atoms with Gasteiger partial charge in [0, 0.05) is 30.2 Å². The van der Waals surface area contributed by atoms with Gasteiger partial charge in [-0.15, -0.1) is 11.8 Å². The number of nitrogens with zero attached hydrogens (tertiary/aromatic N) is 2. The first kappa shape index (κ1) is 24.9. The average Bonchev–Trinajstić information content (AvgIpc) is 2.90. The topological polar surface area (TPSA) is 117 Å². The molecule has 2 aliphatic rings. The predicted molar refractivity (Wildman–Crippen MR) is 135 cm³/mol. The van der Waals surface area contributed by atoms with Crippen LogP contribution in [0.25, 0.3) is 10.9 Å². The molecule has 1 saturated carbocycles. The van der Waals surface area contributed by atoms with E-state index in [9.17, 15) is 19.4 Å². The molecule has 190 valence electrons. The summed E-state index contributed by atoms with van der Waals surface area (Å²) in [7, 11) is 1.45. The van der Waals surface area contributed by atoms with E-state index in [-0.39, 0.29) is 23.4 Å². The molecule has 3 aromatic rings. The minimum absolute atomic E-state index is 0.0341. The number of carbonyl (C=O) groups is 1. The molecule has 0 unspecified atom stereocenters. The van der Waals surface area contributed by atoms with Crippen LogP contribution in [0.15, 0.2) is 41.4 Å². The van der Waals surface area contributed by atoms with Gasteiger partial charge in [-0.05, 0) is 61.4 Å². The lowest BCUT2D eigenvalue weighted by atomic mass is 9.79. The van der Waals surface area contributed by atoms with Gasteiger partial charge in [-0.1, -0.05) is 0 Å². The van der Waals surface area contributed by atoms with Crippen molar-refractivity contribution in [3.63, 3.8) is 0 Å². The van der Waals surface area contributed by atoms with Crippen LogP contribution < -0.4 is 15.4 Å². The van der Waals surface area contributed by atoms with Gasteiger partial charge in [-0.2, -0.15) is 0 Å². The number of methoxy groups -OCH3 is 1. The number of benzene rings is 1. The molecule has 1 aromatic carbocycles.